The fourth-order valence-corrected chi connectivity index (χ4v) is 5.26. The Kier molecular flexibility index (Phi) is 5.82. The van der Waals surface area contributed by atoms with Crippen LogP contribution in [0, 0.1) is 5.92 Å². The van der Waals surface area contributed by atoms with Crippen molar-refractivity contribution in [3.05, 3.63) is 23.3 Å². The molecule has 0 aromatic heterocycles. The normalized spacial score (nSPS) is 26.8. The molecule has 1 unspecified atom stereocenters. The summed E-state index contributed by atoms with van der Waals surface area (Å²) in [6.45, 7) is 11.1. The van der Waals surface area contributed by atoms with Crippen molar-refractivity contribution in [3.63, 3.8) is 0 Å². The quantitative estimate of drug-likeness (QED) is 0.595. The van der Waals surface area contributed by atoms with Crippen LogP contribution >= 0.6 is 0 Å². The Bertz CT molecular complexity index is 662. The lowest BCUT2D eigenvalue weighted by atomic mass is 9.65. The lowest BCUT2D eigenvalue weighted by Crippen LogP contribution is -2.47. The van der Waals surface area contributed by atoms with Crippen molar-refractivity contribution >= 4 is 0 Å². The topological polar surface area (TPSA) is 49.7 Å². The first-order valence-corrected chi connectivity index (χ1v) is 10.9. The molecule has 1 heterocycles. The predicted octanol–water partition coefficient (Wildman–Crippen LogP) is 6.06. The van der Waals surface area contributed by atoms with Crippen LogP contribution < -0.4 is 4.74 Å². The van der Waals surface area contributed by atoms with Crippen molar-refractivity contribution < 1.29 is 14.9 Å². The number of ether oxygens (including phenoxy) is 1. The number of benzene rings is 1. The fraction of sp³-hybridized carbons (Fsp3) is 0.750. The summed E-state index contributed by atoms with van der Waals surface area (Å²) in [5, 5.41) is 21.2. The number of hydrogen-bond donors (Lipinski definition) is 2. The van der Waals surface area contributed by atoms with Gasteiger partial charge in [0, 0.05) is 17.4 Å². The lowest BCUT2D eigenvalue weighted by molar-refractivity contribution is -0.0318. The van der Waals surface area contributed by atoms with Crippen molar-refractivity contribution in [1.29, 1.82) is 0 Å². The monoisotopic (exact) mass is 374 g/mol. The van der Waals surface area contributed by atoms with Crippen LogP contribution in [0.2, 0.25) is 0 Å². The molecule has 0 radical (unpaired) electrons. The number of aliphatic hydroxyl groups is 1. The molecule has 0 saturated heterocycles. The minimum atomic E-state index is -0.276. The van der Waals surface area contributed by atoms with Gasteiger partial charge >= 0.3 is 0 Å². The zero-order chi connectivity index (χ0) is 19.8. The molecule has 1 aromatic carbocycles. The Morgan fingerprint density at radius 2 is 1.89 bits per heavy atom. The number of unbranched alkanes of at least 4 members (excludes halogenated alkanes) is 3. The summed E-state index contributed by atoms with van der Waals surface area (Å²) in [5.74, 6) is 1.69. The molecule has 1 aromatic rings. The largest absolute Gasteiger partial charge is 0.508 e. The van der Waals surface area contributed by atoms with Gasteiger partial charge in [0.1, 0.15) is 17.1 Å². The van der Waals surface area contributed by atoms with E-state index in [1.807, 2.05) is 6.07 Å². The van der Waals surface area contributed by atoms with Gasteiger partial charge in [-0.05, 0) is 62.6 Å². The van der Waals surface area contributed by atoms with Gasteiger partial charge in [-0.1, -0.05) is 46.5 Å². The van der Waals surface area contributed by atoms with Crippen LogP contribution in [0.3, 0.4) is 0 Å². The Balaban J connectivity index is 1.91. The molecule has 3 heteroatoms. The highest BCUT2D eigenvalue weighted by Gasteiger charge is 2.47. The minimum Gasteiger partial charge on any atom is -0.508 e. The van der Waals surface area contributed by atoms with E-state index in [2.05, 4.69) is 40.7 Å². The lowest BCUT2D eigenvalue weighted by Gasteiger charge is -2.48. The molecule has 0 amide bonds. The maximum absolute atomic E-state index is 10.9. The van der Waals surface area contributed by atoms with Crippen molar-refractivity contribution in [2.75, 3.05) is 0 Å². The predicted molar refractivity (Wildman–Crippen MR) is 111 cm³/mol. The standard InChI is InChI=1S/C24H38O3/c1-6-7-8-9-12-23(2,3)16-13-20(26)22-18-15-17(25)10-11-19(18)24(4,5)27-21(22)14-16/h13-14,17-19,25-26H,6-12,15H2,1-5H3/t17?,18-,19-/m1/s1. The van der Waals surface area contributed by atoms with Gasteiger partial charge in [-0.15, -0.1) is 0 Å². The Hall–Kier alpha value is -1.22. The minimum absolute atomic E-state index is 0.0106. The SMILES string of the molecule is CCCCCCC(C)(C)c1cc(O)c2c(c1)OC(C)(C)[C@@H]1CCC(O)C[C@@H]21. The summed E-state index contributed by atoms with van der Waals surface area (Å²) in [4.78, 5) is 0. The summed E-state index contributed by atoms with van der Waals surface area (Å²) in [5.41, 5.74) is 1.81. The first-order chi connectivity index (χ1) is 12.7. The van der Waals surface area contributed by atoms with E-state index < -0.39 is 0 Å². The third-order valence-corrected chi connectivity index (χ3v) is 7.02. The van der Waals surface area contributed by atoms with E-state index in [9.17, 15) is 10.2 Å². The zero-order valence-corrected chi connectivity index (χ0v) is 17.8. The molecule has 1 saturated carbocycles. The number of aromatic hydroxyl groups is 1. The number of phenolic OH excluding ortho intramolecular Hbond substituents is 1. The van der Waals surface area contributed by atoms with Crippen molar-refractivity contribution in [3.8, 4) is 11.5 Å². The van der Waals surface area contributed by atoms with E-state index in [4.69, 9.17) is 4.74 Å². The Morgan fingerprint density at radius 3 is 2.59 bits per heavy atom. The molecule has 1 fully saturated rings. The molecule has 2 N–H and O–H groups in total. The summed E-state index contributed by atoms with van der Waals surface area (Å²) in [6, 6.07) is 4.12. The molecule has 3 atom stereocenters. The van der Waals surface area contributed by atoms with Gasteiger partial charge in [0.2, 0.25) is 0 Å². The maximum Gasteiger partial charge on any atom is 0.127 e. The highest BCUT2D eigenvalue weighted by Crippen LogP contribution is 2.55. The second kappa shape index (κ2) is 7.66. The highest BCUT2D eigenvalue weighted by molar-refractivity contribution is 5.53. The van der Waals surface area contributed by atoms with Gasteiger partial charge in [-0.3, -0.25) is 0 Å². The van der Waals surface area contributed by atoms with Gasteiger partial charge in [-0.25, -0.2) is 0 Å². The molecular formula is C24H38O3. The first kappa shape index (κ1) is 20.5. The van der Waals surface area contributed by atoms with E-state index >= 15 is 0 Å². The molecule has 1 aliphatic heterocycles. The molecule has 3 nitrogen and oxygen atoms in total. The Morgan fingerprint density at radius 1 is 1.15 bits per heavy atom. The molecule has 27 heavy (non-hydrogen) atoms. The summed E-state index contributed by atoms with van der Waals surface area (Å²) >= 11 is 0. The van der Waals surface area contributed by atoms with Crippen LogP contribution in [0.4, 0.5) is 0 Å². The average molecular weight is 375 g/mol. The van der Waals surface area contributed by atoms with Gasteiger partial charge in [0.15, 0.2) is 0 Å². The smallest absolute Gasteiger partial charge is 0.127 e. The van der Waals surface area contributed by atoms with Gasteiger partial charge in [-0.2, -0.15) is 0 Å². The molecule has 0 bridgehead atoms. The van der Waals surface area contributed by atoms with Crippen LogP contribution in [0.15, 0.2) is 12.1 Å². The second-order valence-corrected chi connectivity index (χ2v) is 9.99. The number of aliphatic hydroxyl groups excluding tert-OH is 1. The molecule has 0 spiro atoms. The van der Waals surface area contributed by atoms with E-state index in [1.165, 1.54) is 25.7 Å². The fourth-order valence-electron chi connectivity index (χ4n) is 5.26. The number of phenols is 1. The van der Waals surface area contributed by atoms with Crippen molar-refractivity contribution in [2.45, 2.75) is 109 Å². The zero-order valence-electron chi connectivity index (χ0n) is 17.8. The third kappa shape index (κ3) is 4.13. The first-order valence-electron chi connectivity index (χ1n) is 10.9. The number of hydrogen-bond acceptors (Lipinski definition) is 3. The Labute approximate surface area is 165 Å². The van der Waals surface area contributed by atoms with E-state index in [1.54, 1.807) is 0 Å². The van der Waals surface area contributed by atoms with Gasteiger partial charge in [0.05, 0.1) is 6.10 Å². The molecular weight excluding hydrogens is 336 g/mol. The summed E-state index contributed by atoms with van der Waals surface area (Å²) in [7, 11) is 0. The third-order valence-electron chi connectivity index (χ3n) is 7.02. The van der Waals surface area contributed by atoms with Crippen molar-refractivity contribution in [1.82, 2.24) is 0 Å². The van der Waals surface area contributed by atoms with Crippen LogP contribution in [0.1, 0.15) is 103 Å². The molecule has 1 aliphatic carbocycles. The van der Waals surface area contributed by atoms with E-state index in [0.29, 0.717) is 11.7 Å². The van der Waals surface area contributed by atoms with E-state index in [0.717, 1.165) is 42.6 Å². The summed E-state index contributed by atoms with van der Waals surface area (Å²) < 4.78 is 6.44. The molecule has 152 valence electrons. The average Bonchev–Trinajstić information content (AvgIpc) is 2.57. The summed E-state index contributed by atoms with van der Waals surface area (Å²) in [6.07, 6.45) is 8.34. The number of fused-ring (bicyclic) bond motifs is 3. The van der Waals surface area contributed by atoms with Crippen LogP contribution in [0.25, 0.3) is 0 Å². The second-order valence-electron chi connectivity index (χ2n) is 9.99. The number of rotatable bonds is 6. The van der Waals surface area contributed by atoms with Crippen LogP contribution in [0.5, 0.6) is 11.5 Å². The molecule has 3 rings (SSSR count). The van der Waals surface area contributed by atoms with Crippen LogP contribution in [-0.4, -0.2) is 21.9 Å². The van der Waals surface area contributed by atoms with Gasteiger partial charge in [0.25, 0.3) is 0 Å². The van der Waals surface area contributed by atoms with E-state index in [-0.39, 0.29) is 23.0 Å². The maximum atomic E-state index is 10.9. The molecule has 2 aliphatic rings. The van der Waals surface area contributed by atoms with Crippen LogP contribution in [-0.2, 0) is 5.41 Å². The van der Waals surface area contributed by atoms with Crippen molar-refractivity contribution in [2.24, 2.45) is 5.92 Å². The highest BCUT2D eigenvalue weighted by atomic mass is 16.5. The van der Waals surface area contributed by atoms with Gasteiger partial charge < -0.3 is 14.9 Å².